The van der Waals surface area contributed by atoms with Crippen LogP contribution in [0.15, 0.2) is 0 Å². The quantitative estimate of drug-likeness (QED) is 0.749. The van der Waals surface area contributed by atoms with Gasteiger partial charge in [-0.25, -0.2) is 4.79 Å². The Labute approximate surface area is 132 Å². The number of amides is 2. The Morgan fingerprint density at radius 1 is 1.38 bits per heavy atom. The number of piperidine rings is 1. The lowest BCUT2D eigenvalue weighted by Gasteiger charge is -2.35. The lowest BCUT2D eigenvalue weighted by molar-refractivity contribution is -0.130. The molecule has 1 rings (SSSR count). The third-order valence-electron chi connectivity index (χ3n) is 3.50. The molecule has 21 heavy (non-hydrogen) atoms. The molecule has 0 bridgehead atoms. The Morgan fingerprint density at radius 2 is 2.05 bits per heavy atom. The van der Waals surface area contributed by atoms with E-state index in [1.165, 1.54) is 0 Å². The summed E-state index contributed by atoms with van der Waals surface area (Å²) < 4.78 is 5.41. The monoisotopic (exact) mass is 318 g/mol. The predicted molar refractivity (Wildman–Crippen MR) is 83.5 cm³/mol. The van der Waals surface area contributed by atoms with Gasteiger partial charge in [0.15, 0.2) is 0 Å². The first-order valence-electron chi connectivity index (χ1n) is 7.58. The van der Waals surface area contributed by atoms with Crippen molar-refractivity contribution < 1.29 is 14.3 Å². The Balaban J connectivity index is 2.56. The minimum absolute atomic E-state index is 0.0241. The fourth-order valence-electron chi connectivity index (χ4n) is 2.50. The van der Waals surface area contributed by atoms with Crippen molar-refractivity contribution in [2.45, 2.75) is 46.1 Å². The molecular formula is C15H27ClN2O3. The van der Waals surface area contributed by atoms with Gasteiger partial charge >= 0.3 is 6.09 Å². The summed E-state index contributed by atoms with van der Waals surface area (Å²) >= 11 is 5.61. The van der Waals surface area contributed by atoms with Crippen LogP contribution in [0.1, 0.15) is 40.5 Å². The molecule has 1 fully saturated rings. The molecule has 0 radical (unpaired) electrons. The maximum Gasteiger partial charge on any atom is 0.410 e. The third kappa shape index (κ3) is 6.12. The molecule has 122 valence electrons. The molecule has 6 heteroatoms. The third-order valence-corrected chi connectivity index (χ3v) is 3.73. The maximum absolute atomic E-state index is 12.1. The average Bonchev–Trinajstić information content (AvgIpc) is 2.42. The van der Waals surface area contributed by atoms with Crippen molar-refractivity contribution in [1.29, 1.82) is 0 Å². The number of nitrogens with zero attached hydrogens (tertiary/aromatic N) is 2. The van der Waals surface area contributed by atoms with E-state index in [2.05, 4.69) is 0 Å². The molecule has 1 unspecified atom stereocenters. The topological polar surface area (TPSA) is 49.9 Å². The van der Waals surface area contributed by atoms with Crippen molar-refractivity contribution in [3.8, 4) is 0 Å². The van der Waals surface area contributed by atoms with Crippen molar-refractivity contribution in [1.82, 2.24) is 9.80 Å². The molecule has 0 aromatic carbocycles. The zero-order valence-corrected chi connectivity index (χ0v) is 14.3. The average molecular weight is 319 g/mol. The first-order chi connectivity index (χ1) is 9.76. The van der Waals surface area contributed by atoms with Crippen LogP contribution in [0.5, 0.6) is 0 Å². The fourth-order valence-corrected chi connectivity index (χ4v) is 2.67. The van der Waals surface area contributed by atoms with Crippen LogP contribution in [0.3, 0.4) is 0 Å². The van der Waals surface area contributed by atoms with Crippen molar-refractivity contribution in [3.05, 3.63) is 0 Å². The largest absolute Gasteiger partial charge is 0.444 e. The number of rotatable bonds is 4. The van der Waals surface area contributed by atoms with Crippen molar-refractivity contribution >= 4 is 23.6 Å². The van der Waals surface area contributed by atoms with Crippen LogP contribution in [-0.2, 0) is 9.53 Å². The summed E-state index contributed by atoms with van der Waals surface area (Å²) in [5.74, 6) is 0.288. The number of hydrogen-bond donors (Lipinski definition) is 0. The van der Waals surface area contributed by atoms with E-state index in [0.717, 1.165) is 19.4 Å². The number of carbonyl (C=O) groups excluding carboxylic acids is 2. The minimum atomic E-state index is -0.488. The summed E-state index contributed by atoms with van der Waals surface area (Å²) in [7, 11) is 0. The highest BCUT2D eigenvalue weighted by molar-refractivity contribution is 6.27. The van der Waals surface area contributed by atoms with E-state index in [4.69, 9.17) is 16.3 Å². The van der Waals surface area contributed by atoms with Gasteiger partial charge in [-0.05, 0) is 46.5 Å². The number of likely N-dealkylation sites (tertiary alicyclic amines) is 1. The van der Waals surface area contributed by atoms with Gasteiger partial charge < -0.3 is 14.5 Å². The highest BCUT2D eigenvalue weighted by Crippen LogP contribution is 2.19. The summed E-state index contributed by atoms with van der Waals surface area (Å²) in [4.78, 5) is 27.3. The summed E-state index contributed by atoms with van der Waals surface area (Å²) in [5.41, 5.74) is -0.488. The molecule has 1 saturated heterocycles. The van der Waals surface area contributed by atoms with E-state index >= 15 is 0 Å². The van der Waals surface area contributed by atoms with E-state index in [9.17, 15) is 9.59 Å². The fraction of sp³-hybridized carbons (Fsp3) is 0.867. The predicted octanol–water partition coefficient (Wildman–Crippen LogP) is 2.72. The molecule has 0 aromatic rings. The molecule has 0 N–H and O–H groups in total. The first-order valence-corrected chi connectivity index (χ1v) is 8.12. The van der Waals surface area contributed by atoms with Crippen LogP contribution < -0.4 is 0 Å². The van der Waals surface area contributed by atoms with Crippen LogP contribution >= 0.6 is 11.6 Å². The first kappa shape index (κ1) is 18.1. The Kier molecular flexibility index (Phi) is 6.78. The van der Waals surface area contributed by atoms with E-state index in [-0.39, 0.29) is 17.9 Å². The molecule has 1 aliphatic heterocycles. The zero-order valence-electron chi connectivity index (χ0n) is 13.5. The zero-order chi connectivity index (χ0) is 16.0. The number of alkyl halides is 1. The van der Waals surface area contributed by atoms with Gasteiger partial charge in [0.1, 0.15) is 11.5 Å². The molecule has 0 saturated carbocycles. The van der Waals surface area contributed by atoms with Crippen molar-refractivity contribution in [2.24, 2.45) is 5.92 Å². The van der Waals surface area contributed by atoms with Crippen LogP contribution in [0.2, 0.25) is 0 Å². The number of ether oxygens (including phenoxy) is 1. The second kappa shape index (κ2) is 7.87. The maximum atomic E-state index is 12.1. The van der Waals surface area contributed by atoms with Gasteiger partial charge in [0.25, 0.3) is 0 Å². The molecule has 1 heterocycles. The van der Waals surface area contributed by atoms with Crippen LogP contribution in [-0.4, -0.2) is 59.5 Å². The van der Waals surface area contributed by atoms with Gasteiger partial charge in [-0.15, -0.1) is 11.6 Å². The van der Waals surface area contributed by atoms with Crippen molar-refractivity contribution in [2.75, 3.05) is 32.1 Å². The van der Waals surface area contributed by atoms with E-state index in [0.29, 0.717) is 25.6 Å². The second-order valence-corrected chi connectivity index (χ2v) is 6.77. The second-order valence-electron chi connectivity index (χ2n) is 6.50. The Morgan fingerprint density at radius 3 is 2.57 bits per heavy atom. The summed E-state index contributed by atoms with van der Waals surface area (Å²) in [6, 6.07) is 0. The number of halogens is 1. The minimum Gasteiger partial charge on any atom is -0.444 e. The molecule has 0 aromatic heterocycles. The van der Waals surface area contributed by atoms with Crippen LogP contribution in [0.25, 0.3) is 0 Å². The molecular weight excluding hydrogens is 292 g/mol. The summed E-state index contributed by atoms with van der Waals surface area (Å²) in [6.45, 7) is 10.2. The van der Waals surface area contributed by atoms with Crippen LogP contribution in [0.4, 0.5) is 4.79 Å². The van der Waals surface area contributed by atoms with Gasteiger partial charge in [-0.1, -0.05) is 0 Å². The number of hydrogen-bond acceptors (Lipinski definition) is 3. The standard InChI is InChI=1S/C15H27ClN2O3/c1-5-17(14(20)21-15(2,3)4)10-12-7-6-8-18(11-12)13(19)9-16/h12H,5-11H2,1-4H3. The van der Waals surface area contributed by atoms with Gasteiger partial charge in [0.05, 0.1) is 0 Å². The number of carbonyl (C=O) groups is 2. The van der Waals surface area contributed by atoms with Gasteiger partial charge in [0, 0.05) is 26.2 Å². The van der Waals surface area contributed by atoms with Gasteiger partial charge in [-0.2, -0.15) is 0 Å². The normalized spacial score (nSPS) is 19.3. The smallest absolute Gasteiger partial charge is 0.410 e. The molecule has 2 amide bonds. The van der Waals surface area contributed by atoms with E-state index in [1.54, 1.807) is 9.80 Å². The SMILES string of the molecule is CCN(CC1CCCN(C(=O)CCl)C1)C(=O)OC(C)(C)C. The molecule has 5 nitrogen and oxygen atoms in total. The lowest BCUT2D eigenvalue weighted by Crippen LogP contribution is -2.46. The summed E-state index contributed by atoms with van der Waals surface area (Å²) in [6.07, 6.45) is 1.69. The molecule has 1 aliphatic rings. The Bertz CT molecular complexity index is 368. The summed E-state index contributed by atoms with van der Waals surface area (Å²) in [5, 5.41) is 0. The van der Waals surface area contributed by atoms with Crippen LogP contribution in [0, 0.1) is 5.92 Å². The molecule has 0 aliphatic carbocycles. The molecule has 0 spiro atoms. The van der Waals surface area contributed by atoms with Crippen molar-refractivity contribution in [3.63, 3.8) is 0 Å². The van der Waals surface area contributed by atoms with E-state index in [1.807, 2.05) is 27.7 Å². The molecule has 1 atom stereocenters. The van der Waals surface area contributed by atoms with Gasteiger partial charge in [-0.3, -0.25) is 4.79 Å². The van der Waals surface area contributed by atoms with E-state index < -0.39 is 5.60 Å². The Hall–Kier alpha value is -0.970. The highest BCUT2D eigenvalue weighted by Gasteiger charge is 2.27. The lowest BCUT2D eigenvalue weighted by atomic mass is 9.97. The van der Waals surface area contributed by atoms with Gasteiger partial charge in [0.2, 0.25) is 5.91 Å². The highest BCUT2D eigenvalue weighted by atomic mass is 35.5.